The minimum Gasteiger partial charge on any atom is -0.303 e. The van der Waals surface area contributed by atoms with E-state index in [1.807, 2.05) is 0 Å². The van der Waals surface area contributed by atoms with Crippen LogP contribution >= 0.6 is 0 Å². The highest BCUT2D eigenvalue weighted by Gasteiger charge is 2.22. The minimum atomic E-state index is 0.678. The highest BCUT2D eigenvalue weighted by molar-refractivity contribution is 4.78. The molecule has 1 fully saturated rings. The summed E-state index contributed by atoms with van der Waals surface area (Å²) in [6.45, 7) is 11.8. The van der Waals surface area contributed by atoms with Gasteiger partial charge in [-0.1, -0.05) is 0 Å². The molecule has 1 saturated heterocycles. The Morgan fingerprint density at radius 1 is 1.20 bits per heavy atom. The van der Waals surface area contributed by atoms with Gasteiger partial charge in [0, 0.05) is 24.7 Å². The molecule has 2 heteroatoms. The first-order valence-electron chi connectivity index (χ1n) is 6.48. The summed E-state index contributed by atoms with van der Waals surface area (Å²) in [5.41, 5.74) is 0. The van der Waals surface area contributed by atoms with Gasteiger partial charge in [0.2, 0.25) is 0 Å². The van der Waals surface area contributed by atoms with Crippen LogP contribution in [0.15, 0.2) is 0 Å². The van der Waals surface area contributed by atoms with E-state index in [1.165, 1.54) is 32.4 Å². The zero-order valence-electron chi connectivity index (χ0n) is 11.2. The van der Waals surface area contributed by atoms with Gasteiger partial charge in [0.15, 0.2) is 0 Å². The van der Waals surface area contributed by atoms with E-state index >= 15 is 0 Å². The van der Waals surface area contributed by atoms with E-state index in [0.29, 0.717) is 12.1 Å². The van der Waals surface area contributed by atoms with Crippen molar-refractivity contribution < 1.29 is 0 Å². The lowest BCUT2D eigenvalue weighted by molar-refractivity contribution is 0.154. The van der Waals surface area contributed by atoms with Gasteiger partial charge in [0.25, 0.3) is 0 Å². The molecule has 0 aromatic rings. The van der Waals surface area contributed by atoms with Crippen molar-refractivity contribution in [2.24, 2.45) is 0 Å². The third-order valence-corrected chi connectivity index (χ3v) is 3.72. The fraction of sp³-hybridized carbons (Fsp3) is 1.00. The fourth-order valence-corrected chi connectivity index (χ4v) is 2.75. The highest BCUT2D eigenvalue weighted by Crippen LogP contribution is 2.19. The Morgan fingerprint density at radius 3 is 2.20 bits per heavy atom. The molecule has 1 atom stereocenters. The summed E-state index contributed by atoms with van der Waals surface area (Å²) in [5, 5.41) is 0. The van der Waals surface area contributed by atoms with E-state index in [0.717, 1.165) is 6.04 Å². The van der Waals surface area contributed by atoms with Gasteiger partial charge in [-0.3, -0.25) is 4.90 Å². The van der Waals surface area contributed by atoms with Gasteiger partial charge in [-0.2, -0.15) is 0 Å². The summed E-state index contributed by atoms with van der Waals surface area (Å²) in [6.07, 6.45) is 4.14. The van der Waals surface area contributed by atoms with Crippen molar-refractivity contribution in [2.45, 2.75) is 65.1 Å². The van der Waals surface area contributed by atoms with Gasteiger partial charge in [-0.05, 0) is 60.5 Å². The molecule has 0 aliphatic carbocycles. The van der Waals surface area contributed by atoms with Gasteiger partial charge in [-0.15, -0.1) is 0 Å². The van der Waals surface area contributed by atoms with Crippen LogP contribution in [-0.4, -0.2) is 48.1 Å². The Labute approximate surface area is 95.6 Å². The second-order valence-corrected chi connectivity index (χ2v) is 5.49. The smallest absolute Gasteiger partial charge is 0.0105 e. The number of hydrogen-bond acceptors (Lipinski definition) is 2. The lowest BCUT2D eigenvalue weighted by Gasteiger charge is -2.32. The van der Waals surface area contributed by atoms with Crippen LogP contribution in [0.1, 0.15) is 47.0 Å². The highest BCUT2D eigenvalue weighted by atomic mass is 15.2. The fourth-order valence-electron chi connectivity index (χ4n) is 2.75. The first kappa shape index (κ1) is 13.0. The minimum absolute atomic E-state index is 0.678. The van der Waals surface area contributed by atoms with Crippen molar-refractivity contribution in [1.82, 2.24) is 9.80 Å². The van der Waals surface area contributed by atoms with E-state index in [4.69, 9.17) is 0 Å². The molecule has 0 spiro atoms. The quantitative estimate of drug-likeness (QED) is 0.691. The topological polar surface area (TPSA) is 6.48 Å². The molecule has 0 saturated carbocycles. The number of nitrogens with zero attached hydrogens (tertiary/aromatic N) is 2. The van der Waals surface area contributed by atoms with Crippen LogP contribution < -0.4 is 0 Å². The van der Waals surface area contributed by atoms with Crippen LogP contribution in [0.2, 0.25) is 0 Å². The SMILES string of the molecule is CC(C)N(CCC1CCCN1C)C(C)C. The molecule has 0 amide bonds. The lowest BCUT2D eigenvalue weighted by Crippen LogP contribution is -2.40. The molecular weight excluding hydrogens is 184 g/mol. The van der Waals surface area contributed by atoms with Gasteiger partial charge < -0.3 is 4.90 Å². The van der Waals surface area contributed by atoms with E-state index in [2.05, 4.69) is 44.5 Å². The molecule has 1 rings (SSSR count). The molecule has 2 nitrogen and oxygen atoms in total. The van der Waals surface area contributed by atoms with Crippen LogP contribution in [0, 0.1) is 0 Å². The Hall–Kier alpha value is -0.0800. The van der Waals surface area contributed by atoms with Crippen molar-refractivity contribution in [3.8, 4) is 0 Å². The molecule has 0 aromatic heterocycles. The molecule has 90 valence electrons. The Balaban J connectivity index is 2.33. The summed E-state index contributed by atoms with van der Waals surface area (Å²) in [6, 6.07) is 2.19. The summed E-state index contributed by atoms with van der Waals surface area (Å²) in [4.78, 5) is 5.13. The van der Waals surface area contributed by atoms with E-state index < -0.39 is 0 Å². The first-order valence-corrected chi connectivity index (χ1v) is 6.48. The Morgan fingerprint density at radius 2 is 1.80 bits per heavy atom. The van der Waals surface area contributed by atoms with Crippen LogP contribution in [0.25, 0.3) is 0 Å². The third kappa shape index (κ3) is 3.76. The summed E-state index contributed by atoms with van der Waals surface area (Å²) in [7, 11) is 2.27. The van der Waals surface area contributed by atoms with Crippen molar-refractivity contribution in [3.63, 3.8) is 0 Å². The number of rotatable bonds is 5. The molecular formula is C13H28N2. The largest absolute Gasteiger partial charge is 0.303 e. The average Bonchev–Trinajstić information content (AvgIpc) is 2.51. The predicted molar refractivity (Wildman–Crippen MR) is 67.2 cm³/mol. The first-order chi connectivity index (χ1) is 7.02. The van der Waals surface area contributed by atoms with Crippen molar-refractivity contribution in [3.05, 3.63) is 0 Å². The summed E-state index contributed by atoms with van der Waals surface area (Å²) in [5.74, 6) is 0. The molecule has 0 N–H and O–H groups in total. The maximum Gasteiger partial charge on any atom is 0.0105 e. The van der Waals surface area contributed by atoms with Crippen LogP contribution in [0.3, 0.4) is 0 Å². The van der Waals surface area contributed by atoms with Gasteiger partial charge in [0.05, 0.1) is 0 Å². The molecule has 15 heavy (non-hydrogen) atoms. The third-order valence-electron chi connectivity index (χ3n) is 3.72. The molecule has 0 bridgehead atoms. The van der Waals surface area contributed by atoms with E-state index in [1.54, 1.807) is 0 Å². The maximum absolute atomic E-state index is 2.60. The second kappa shape index (κ2) is 5.86. The lowest BCUT2D eigenvalue weighted by atomic mass is 10.1. The monoisotopic (exact) mass is 212 g/mol. The molecule has 0 aromatic carbocycles. The van der Waals surface area contributed by atoms with Crippen molar-refractivity contribution in [2.75, 3.05) is 20.1 Å². The van der Waals surface area contributed by atoms with Crippen molar-refractivity contribution >= 4 is 0 Å². The standard InChI is InChI=1S/C13H28N2/c1-11(2)15(12(3)4)10-8-13-7-6-9-14(13)5/h11-13H,6-10H2,1-5H3. The zero-order chi connectivity index (χ0) is 11.4. The average molecular weight is 212 g/mol. The predicted octanol–water partition coefficient (Wildman–Crippen LogP) is 2.59. The normalized spacial score (nSPS) is 23.6. The maximum atomic E-state index is 2.60. The molecule has 0 radical (unpaired) electrons. The number of hydrogen-bond donors (Lipinski definition) is 0. The van der Waals surface area contributed by atoms with Gasteiger partial charge >= 0.3 is 0 Å². The molecule has 1 aliphatic heterocycles. The Kier molecular flexibility index (Phi) is 5.07. The molecule has 1 heterocycles. The second-order valence-electron chi connectivity index (χ2n) is 5.49. The van der Waals surface area contributed by atoms with E-state index in [9.17, 15) is 0 Å². The molecule has 1 aliphatic rings. The van der Waals surface area contributed by atoms with Crippen LogP contribution in [-0.2, 0) is 0 Å². The van der Waals surface area contributed by atoms with Crippen molar-refractivity contribution in [1.29, 1.82) is 0 Å². The van der Waals surface area contributed by atoms with Gasteiger partial charge in [-0.25, -0.2) is 0 Å². The van der Waals surface area contributed by atoms with Gasteiger partial charge in [0.1, 0.15) is 0 Å². The Bertz CT molecular complexity index is 169. The van der Waals surface area contributed by atoms with E-state index in [-0.39, 0.29) is 0 Å². The molecule has 1 unspecified atom stereocenters. The van der Waals surface area contributed by atoms with Crippen LogP contribution in [0.5, 0.6) is 0 Å². The van der Waals surface area contributed by atoms with Crippen LogP contribution in [0.4, 0.5) is 0 Å². The number of likely N-dealkylation sites (tertiary alicyclic amines) is 1. The summed E-state index contributed by atoms with van der Waals surface area (Å²) < 4.78 is 0. The zero-order valence-corrected chi connectivity index (χ0v) is 11.2. The summed E-state index contributed by atoms with van der Waals surface area (Å²) >= 11 is 0.